The molecule has 2 aromatic rings. The zero-order chi connectivity index (χ0) is 19.1. The number of carbonyl (C=O) groups excluding carboxylic acids is 1. The zero-order valence-electron chi connectivity index (χ0n) is 15.9. The van der Waals surface area contributed by atoms with E-state index in [1.165, 1.54) is 5.56 Å². The van der Waals surface area contributed by atoms with Gasteiger partial charge in [0.1, 0.15) is 17.6 Å². The number of carbonyl (C=O) groups is 1. The molecule has 0 aliphatic carbocycles. The molecule has 1 aliphatic heterocycles. The molecule has 0 N–H and O–H groups in total. The summed E-state index contributed by atoms with van der Waals surface area (Å²) in [5, 5.41) is 0. The standard InChI is InChI=1S/C22H26O5/c1-3-16(2)12-17-4-8-20(9-5-17)27-22(23)18-6-10-19(11-7-18)26-15-24-13-21-14-25-21/h4-11,16,21H,3,12-15H2,1-2H3. The number of ether oxygens (including phenoxy) is 4. The van der Waals surface area contributed by atoms with Gasteiger partial charge in [-0.3, -0.25) is 0 Å². The highest BCUT2D eigenvalue weighted by atomic mass is 16.7. The third-order valence-electron chi connectivity index (χ3n) is 4.52. The Hall–Kier alpha value is -2.37. The van der Waals surface area contributed by atoms with E-state index in [1.807, 2.05) is 24.3 Å². The number of esters is 1. The lowest BCUT2D eigenvalue weighted by Crippen LogP contribution is -2.09. The average Bonchev–Trinajstić information content (AvgIpc) is 3.51. The molecule has 1 fully saturated rings. The minimum Gasteiger partial charge on any atom is -0.468 e. The molecule has 2 aromatic carbocycles. The molecular formula is C22H26O5. The van der Waals surface area contributed by atoms with Crippen LogP contribution in [-0.2, 0) is 15.9 Å². The first-order chi connectivity index (χ1) is 13.1. The van der Waals surface area contributed by atoms with Gasteiger partial charge in [0.25, 0.3) is 0 Å². The summed E-state index contributed by atoms with van der Waals surface area (Å²) in [5.41, 5.74) is 1.72. The third-order valence-corrected chi connectivity index (χ3v) is 4.52. The van der Waals surface area contributed by atoms with E-state index in [1.54, 1.807) is 24.3 Å². The minimum atomic E-state index is -0.390. The first-order valence-corrected chi connectivity index (χ1v) is 9.37. The van der Waals surface area contributed by atoms with Crippen molar-refractivity contribution in [2.24, 2.45) is 5.92 Å². The summed E-state index contributed by atoms with van der Waals surface area (Å²) >= 11 is 0. The Balaban J connectivity index is 1.46. The highest BCUT2D eigenvalue weighted by molar-refractivity contribution is 5.91. The van der Waals surface area contributed by atoms with Gasteiger partial charge in [-0.05, 0) is 54.3 Å². The molecule has 0 saturated carbocycles. The van der Waals surface area contributed by atoms with Crippen molar-refractivity contribution in [2.75, 3.05) is 20.0 Å². The van der Waals surface area contributed by atoms with Gasteiger partial charge in [-0.2, -0.15) is 0 Å². The van der Waals surface area contributed by atoms with Gasteiger partial charge in [-0.15, -0.1) is 0 Å². The molecule has 5 heteroatoms. The number of hydrogen-bond donors (Lipinski definition) is 0. The van der Waals surface area contributed by atoms with E-state index >= 15 is 0 Å². The number of epoxide rings is 1. The van der Waals surface area contributed by atoms with E-state index in [4.69, 9.17) is 18.9 Å². The Kier molecular flexibility index (Phi) is 6.85. The summed E-state index contributed by atoms with van der Waals surface area (Å²) in [6, 6.07) is 14.5. The van der Waals surface area contributed by atoms with E-state index in [0.717, 1.165) is 19.4 Å². The molecule has 1 heterocycles. The molecule has 0 radical (unpaired) electrons. The monoisotopic (exact) mass is 370 g/mol. The van der Waals surface area contributed by atoms with Crippen LogP contribution < -0.4 is 9.47 Å². The van der Waals surface area contributed by atoms with Crippen LogP contribution in [-0.4, -0.2) is 32.1 Å². The van der Waals surface area contributed by atoms with E-state index < -0.39 is 5.97 Å². The van der Waals surface area contributed by atoms with Crippen LogP contribution in [0.5, 0.6) is 11.5 Å². The van der Waals surface area contributed by atoms with E-state index in [9.17, 15) is 4.79 Å². The molecule has 3 rings (SSSR count). The van der Waals surface area contributed by atoms with Crippen molar-refractivity contribution in [3.63, 3.8) is 0 Å². The second-order valence-electron chi connectivity index (χ2n) is 6.86. The molecule has 0 amide bonds. The minimum absolute atomic E-state index is 0.159. The lowest BCUT2D eigenvalue weighted by Gasteiger charge is -2.10. The second-order valence-corrected chi connectivity index (χ2v) is 6.86. The topological polar surface area (TPSA) is 57.3 Å². The van der Waals surface area contributed by atoms with Crippen LogP contribution in [0, 0.1) is 5.92 Å². The van der Waals surface area contributed by atoms with Crippen LogP contribution in [0.25, 0.3) is 0 Å². The maximum absolute atomic E-state index is 12.3. The van der Waals surface area contributed by atoms with Crippen LogP contribution >= 0.6 is 0 Å². The normalized spacial score (nSPS) is 16.6. The molecule has 144 valence electrons. The molecule has 1 aliphatic rings. The Morgan fingerprint density at radius 1 is 1.11 bits per heavy atom. The van der Waals surface area contributed by atoms with Gasteiger partial charge < -0.3 is 18.9 Å². The zero-order valence-corrected chi connectivity index (χ0v) is 15.9. The first-order valence-electron chi connectivity index (χ1n) is 9.37. The lowest BCUT2D eigenvalue weighted by molar-refractivity contribution is 0.00821. The lowest BCUT2D eigenvalue weighted by atomic mass is 9.99. The molecule has 0 spiro atoms. The largest absolute Gasteiger partial charge is 0.468 e. The summed E-state index contributed by atoms with van der Waals surface area (Å²) in [6.45, 7) is 5.88. The van der Waals surface area contributed by atoms with Gasteiger partial charge >= 0.3 is 5.97 Å². The van der Waals surface area contributed by atoms with Gasteiger partial charge in [-0.1, -0.05) is 32.4 Å². The van der Waals surface area contributed by atoms with Crippen molar-refractivity contribution in [1.82, 2.24) is 0 Å². The Morgan fingerprint density at radius 3 is 2.41 bits per heavy atom. The summed E-state index contributed by atoms with van der Waals surface area (Å²) in [4.78, 5) is 12.3. The van der Waals surface area contributed by atoms with Gasteiger partial charge in [0, 0.05) is 0 Å². The Labute approximate surface area is 160 Å². The molecule has 2 unspecified atom stereocenters. The number of benzene rings is 2. The van der Waals surface area contributed by atoms with Crippen molar-refractivity contribution in [2.45, 2.75) is 32.8 Å². The fourth-order valence-electron chi connectivity index (χ4n) is 2.55. The third kappa shape index (κ3) is 6.38. The van der Waals surface area contributed by atoms with Crippen molar-refractivity contribution >= 4 is 5.97 Å². The van der Waals surface area contributed by atoms with Crippen LogP contribution in [0.2, 0.25) is 0 Å². The predicted molar refractivity (Wildman–Crippen MR) is 102 cm³/mol. The maximum atomic E-state index is 12.3. The van der Waals surface area contributed by atoms with Gasteiger partial charge in [-0.25, -0.2) is 4.79 Å². The van der Waals surface area contributed by atoms with Crippen molar-refractivity contribution in [1.29, 1.82) is 0 Å². The quantitative estimate of drug-likeness (QED) is 0.206. The molecule has 0 aromatic heterocycles. The smallest absolute Gasteiger partial charge is 0.343 e. The fraction of sp³-hybridized carbons (Fsp3) is 0.409. The van der Waals surface area contributed by atoms with Gasteiger partial charge in [0.2, 0.25) is 0 Å². The van der Waals surface area contributed by atoms with E-state index in [0.29, 0.717) is 29.6 Å². The highest BCUT2D eigenvalue weighted by Gasteiger charge is 2.22. The van der Waals surface area contributed by atoms with Crippen LogP contribution in [0.4, 0.5) is 0 Å². The van der Waals surface area contributed by atoms with Crippen LogP contribution in [0.1, 0.15) is 36.2 Å². The van der Waals surface area contributed by atoms with E-state index in [-0.39, 0.29) is 12.9 Å². The van der Waals surface area contributed by atoms with Crippen molar-refractivity contribution in [3.8, 4) is 11.5 Å². The molecule has 0 bridgehead atoms. The van der Waals surface area contributed by atoms with Crippen LogP contribution in [0.3, 0.4) is 0 Å². The van der Waals surface area contributed by atoms with Gasteiger partial charge in [0.15, 0.2) is 6.79 Å². The van der Waals surface area contributed by atoms with Gasteiger partial charge in [0.05, 0.1) is 18.8 Å². The maximum Gasteiger partial charge on any atom is 0.343 e. The molecule has 1 saturated heterocycles. The van der Waals surface area contributed by atoms with Crippen molar-refractivity contribution in [3.05, 3.63) is 59.7 Å². The average molecular weight is 370 g/mol. The van der Waals surface area contributed by atoms with Crippen molar-refractivity contribution < 1.29 is 23.7 Å². The number of rotatable bonds is 10. The number of hydrogen-bond acceptors (Lipinski definition) is 5. The summed E-state index contributed by atoms with van der Waals surface area (Å²) in [5.74, 6) is 1.44. The Bertz CT molecular complexity index is 719. The SMILES string of the molecule is CCC(C)Cc1ccc(OC(=O)c2ccc(OCOCC3CO3)cc2)cc1. The highest BCUT2D eigenvalue weighted by Crippen LogP contribution is 2.19. The molecular weight excluding hydrogens is 344 g/mol. The summed E-state index contributed by atoms with van der Waals surface area (Å²) in [7, 11) is 0. The predicted octanol–water partition coefficient (Wildman–Crippen LogP) is 4.25. The molecule has 2 atom stereocenters. The second kappa shape index (κ2) is 9.53. The first kappa shape index (κ1) is 19.4. The Morgan fingerprint density at radius 2 is 1.78 bits per heavy atom. The van der Waals surface area contributed by atoms with Crippen LogP contribution in [0.15, 0.2) is 48.5 Å². The van der Waals surface area contributed by atoms with E-state index in [2.05, 4.69) is 13.8 Å². The summed E-state index contributed by atoms with van der Waals surface area (Å²) < 4.78 is 21.3. The molecule has 27 heavy (non-hydrogen) atoms. The fourth-order valence-corrected chi connectivity index (χ4v) is 2.55. The molecule has 5 nitrogen and oxygen atoms in total. The summed E-state index contributed by atoms with van der Waals surface area (Å²) in [6.07, 6.45) is 2.40.